The van der Waals surface area contributed by atoms with Crippen LogP contribution in [0.4, 0.5) is 0 Å². The van der Waals surface area contributed by atoms with Crippen LogP contribution in [0.25, 0.3) is 5.13 Å². The summed E-state index contributed by atoms with van der Waals surface area (Å²) in [6, 6.07) is 0. The molecule has 2 heterocycles. The van der Waals surface area contributed by atoms with Crippen molar-refractivity contribution in [3.05, 3.63) is 23.7 Å². The maximum absolute atomic E-state index is 5.58. The van der Waals surface area contributed by atoms with Gasteiger partial charge in [-0.1, -0.05) is 11.3 Å². The normalized spacial score (nSPS) is 10.4. The molecule has 0 saturated carbocycles. The molecule has 62 valence electrons. The molecule has 0 atom stereocenters. The molecule has 2 rings (SSSR count). The molecular weight excluding hydrogens is 196 g/mol. The quantitative estimate of drug-likeness (QED) is 0.690. The molecule has 6 heteroatoms. The molecule has 0 N–H and O–H groups in total. The summed E-state index contributed by atoms with van der Waals surface area (Å²) >= 11 is 7.04. The van der Waals surface area contributed by atoms with Crippen LogP contribution in [-0.2, 0) is 5.88 Å². The zero-order valence-electron chi connectivity index (χ0n) is 6.01. The molecule has 0 bridgehead atoms. The molecule has 4 nitrogen and oxygen atoms in total. The first-order valence-corrected chi connectivity index (χ1v) is 4.62. The zero-order chi connectivity index (χ0) is 8.39. The van der Waals surface area contributed by atoms with Crippen molar-refractivity contribution in [3.8, 4) is 5.13 Å². The lowest BCUT2D eigenvalue weighted by Gasteiger charge is -1.89. The van der Waals surface area contributed by atoms with Crippen molar-refractivity contribution in [2.75, 3.05) is 0 Å². The average molecular weight is 201 g/mol. The smallest absolute Gasteiger partial charge is 0.217 e. The topological polar surface area (TPSA) is 43.6 Å². The van der Waals surface area contributed by atoms with E-state index in [9.17, 15) is 0 Å². The number of aromatic nitrogens is 4. The van der Waals surface area contributed by atoms with Gasteiger partial charge in [-0.2, -0.15) is 0 Å². The first-order valence-electron chi connectivity index (χ1n) is 3.27. The zero-order valence-corrected chi connectivity index (χ0v) is 7.59. The summed E-state index contributed by atoms with van der Waals surface area (Å²) in [6.45, 7) is 0. The molecule has 0 aliphatic carbocycles. The first kappa shape index (κ1) is 7.70. The van der Waals surface area contributed by atoms with E-state index in [1.807, 2.05) is 6.20 Å². The molecule has 2 aromatic rings. The van der Waals surface area contributed by atoms with Gasteiger partial charge in [-0.3, -0.25) is 4.57 Å². The second kappa shape index (κ2) is 3.20. The Morgan fingerprint density at radius 2 is 2.42 bits per heavy atom. The third-order valence-corrected chi connectivity index (χ3v) is 2.64. The number of alkyl halides is 1. The maximum Gasteiger partial charge on any atom is 0.217 e. The summed E-state index contributed by atoms with van der Waals surface area (Å²) in [7, 11) is 0. The third kappa shape index (κ3) is 1.33. The summed E-state index contributed by atoms with van der Waals surface area (Å²) in [4.78, 5) is 3.90. The van der Waals surface area contributed by atoms with Crippen molar-refractivity contribution in [3.63, 3.8) is 0 Å². The standard InChI is InChI=1S/C6H5ClN4S/c7-3-5-9-10-6(12-5)11-2-1-8-4-11/h1-2,4H,3H2. The number of halogens is 1. The molecule has 0 amide bonds. The largest absolute Gasteiger partial charge is 0.280 e. The monoisotopic (exact) mass is 200 g/mol. The first-order chi connectivity index (χ1) is 5.90. The van der Waals surface area contributed by atoms with Gasteiger partial charge in [0.15, 0.2) is 0 Å². The predicted octanol–water partition coefficient (Wildman–Crippen LogP) is 1.46. The minimum absolute atomic E-state index is 0.409. The molecule has 12 heavy (non-hydrogen) atoms. The molecule has 0 aliphatic rings. The van der Waals surface area contributed by atoms with Gasteiger partial charge in [0.2, 0.25) is 5.13 Å². The van der Waals surface area contributed by atoms with Gasteiger partial charge in [0.05, 0.1) is 5.88 Å². The summed E-state index contributed by atoms with van der Waals surface area (Å²) in [6.07, 6.45) is 5.19. The van der Waals surface area contributed by atoms with Gasteiger partial charge < -0.3 is 0 Å². The maximum atomic E-state index is 5.58. The van der Waals surface area contributed by atoms with Gasteiger partial charge in [0, 0.05) is 12.4 Å². The molecule has 0 spiro atoms. The number of nitrogens with zero attached hydrogens (tertiary/aromatic N) is 4. The van der Waals surface area contributed by atoms with Crippen molar-refractivity contribution in [2.45, 2.75) is 5.88 Å². The second-order valence-electron chi connectivity index (χ2n) is 2.08. The summed E-state index contributed by atoms with van der Waals surface area (Å²) < 4.78 is 1.80. The van der Waals surface area contributed by atoms with Crippen molar-refractivity contribution < 1.29 is 0 Å². The van der Waals surface area contributed by atoms with E-state index in [0.29, 0.717) is 5.88 Å². The van der Waals surface area contributed by atoms with E-state index in [2.05, 4.69) is 15.2 Å². The van der Waals surface area contributed by atoms with Crippen LogP contribution in [0.3, 0.4) is 0 Å². The second-order valence-corrected chi connectivity index (χ2v) is 3.39. The third-order valence-electron chi connectivity index (χ3n) is 1.30. The van der Waals surface area contributed by atoms with E-state index < -0.39 is 0 Å². The van der Waals surface area contributed by atoms with Crippen LogP contribution in [0.1, 0.15) is 5.01 Å². The van der Waals surface area contributed by atoms with Crippen LogP contribution in [0.2, 0.25) is 0 Å². The Kier molecular flexibility index (Phi) is 2.05. The minimum Gasteiger partial charge on any atom is -0.280 e. The molecule has 0 saturated heterocycles. The number of hydrogen-bond donors (Lipinski definition) is 0. The van der Waals surface area contributed by atoms with E-state index in [4.69, 9.17) is 11.6 Å². The van der Waals surface area contributed by atoms with Crippen LogP contribution in [-0.4, -0.2) is 19.7 Å². The molecule has 2 aromatic heterocycles. The Labute approximate surface area is 77.8 Å². The van der Waals surface area contributed by atoms with Gasteiger partial charge in [-0.05, 0) is 0 Å². The van der Waals surface area contributed by atoms with Gasteiger partial charge in [0.1, 0.15) is 11.3 Å². The van der Waals surface area contributed by atoms with Crippen LogP contribution < -0.4 is 0 Å². The number of rotatable bonds is 2. The Morgan fingerprint density at radius 3 is 3.00 bits per heavy atom. The minimum atomic E-state index is 0.409. The van der Waals surface area contributed by atoms with Crippen LogP contribution in [0.15, 0.2) is 18.7 Å². The molecule has 0 fully saturated rings. The van der Waals surface area contributed by atoms with E-state index >= 15 is 0 Å². The van der Waals surface area contributed by atoms with Gasteiger partial charge in [0.25, 0.3) is 0 Å². The molecule has 0 radical (unpaired) electrons. The highest BCUT2D eigenvalue weighted by molar-refractivity contribution is 7.13. The van der Waals surface area contributed by atoms with Gasteiger partial charge in [-0.15, -0.1) is 21.8 Å². The van der Waals surface area contributed by atoms with Crippen molar-refractivity contribution >= 4 is 22.9 Å². The van der Waals surface area contributed by atoms with Crippen LogP contribution >= 0.6 is 22.9 Å². The Morgan fingerprint density at radius 1 is 1.50 bits per heavy atom. The Balaban J connectivity index is 2.35. The fraction of sp³-hybridized carbons (Fsp3) is 0.167. The lowest BCUT2D eigenvalue weighted by Crippen LogP contribution is -1.87. The van der Waals surface area contributed by atoms with Crippen molar-refractivity contribution in [2.24, 2.45) is 0 Å². The summed E-state index contributed by atoms with van der Waals surface area (Å²) in [5.74, 6) is 0.409. The van der Waals surface area contributed by atoms with Crippen LogP contribution in [0.5, 0.6) is 0 Å². The fourth-order valence-electron chi connectivity index (χ4n) is 0.775. The van der Waals surface area contributed by atoms with E-state index in [0.717, 1.165) is 10.1 Å². The van der Waals surface area contributed by atoms with E-state index in [1.54, 1.807) is 17.1 Å². The lowest BCUT2D eigenvalue weighted by molar-refractivity contribution is 0.949. The van der Waals surface area contributed by atoms with Crippen molar-refractivity contribution in [1.82, 2.24) is 19.7 Å². The molecular formula is C6H5ClN4S. The Bertz CT molecular complexity index is 355. The highest BCUT2D eigenvalue weighted by Crippen LogP contribution is 2.15. The van der Waals surface area contributed by atoms with Gasteiger partial charge in [-0.25, -0.2) is 4.98 Å². The molecule has 0 aliphatic heterocycles. The average Bonchev–Trinajstić information content (AvgIpc) is 2.75. The lowest BCUT2D eigenvalue weighted by atomic mass is 10.9. The number of hydrogen-bond acceptors (Lipinski definition) is 4. The highest BCUT2D eigenvalue weighted by Gasteiger charge is 2.03. The predicted molar refractivity (Wildman–Crippen MR) is 46.6 cm³/mol. The number of imidazole rings is 1. The molecule has 0 aromatic carbocycles. The highest BCUT2D eigenvalue weighted by atomic mass is 35.5. The van der Waals surface area contributed by atoms with E-state index in [-0.39, 0.29) is 0 Å². The SMILES string of the molecule is ClCc1nnc(-n2ccnc2)s1. The summed E-state index contributed by atoms with van der Waals surface area (Å²) in [5, 5.41) is 9.43. The van der Waals surface area contributed by atoms with E-state index in [1.165, 1.54) is 11.3 Å². The van der Waals surface area contributed by atoms with Crippen LogP contribution in [0, 0.1) is 0 Å². The fourth-order valence-corrected chi connectivity index (χ4v) is 1.63. The van der Waals surface area contributed by atoms with Crippen molar-refractivity contribution in [1.29, 1.82) is 0 Å². The Hall–Kier alpha value is -0.940. The van der Waals surface area contributed by atoms with Gasteiger partial charge >= 0.3 is 0 Å². The molecule has 0 unspecified atom stereocenters. The summed E-state index contributed by atoms with van der Waals surface area (Å²) in [5.41, 5.74) is 0.